The van der Waals surface area contributed by atoms with E-state index in [0.717, 1.165) is 31.7 Å². The zero-order chi connectivity index (χ0) is 14.8. The summed E-state index contributed by atoms with van der Waals surface area (Å²) in [5, 5.41) is 0. The molecule has 1 N–H and O–H groups in total. The van der Waals surface area contributed by atoms with Crippen molar-refractivity contribution >= 4 is 23.6 Å². The van der Waals surface area contributed by atoms with Gasteiger partial charge in [-0.1, -0.05) is 0 Å². The molecule has 112 valence electrons. The maximum Gasteiger partial charge on any atom is 0.264 e. The summed E-state index contributed by atoms with van der Waals surface area (Å²) in [7, 11) is -5.22. The molecular weight excluding hydrogens is 301 g/mol. The van der Waals surface area contributed by atoms with Gasteiger partial charge in [-0.15, -0.1) is 0 Å². The van der Waals surface area contributed by atoms with Crippen molar-refractivity contribution in [3.63, 3.8) is 0 Å². The second-order valence-corrected chi connectivity index (χ2v) is 10.3. The average Bonchev–Trinajstić information content (AvgIpc) is 2.36. The van der Waals surface area contributed by atoms with Crippen LogP contribution in [0.3, 0.4) is 0 Å². The molecule has 9 heteroatoms. The third-order valence-electron chi connectivity index (χ3n) is 3.11. The average molecular weight is 320 g/mol. The molecule has 0 aliphatic carbocycles. The van der Waals surface area contributed by atoms with Gasteiger partial charge in [0.1, 0.15) is 26.4 Å². The van der Waals surface area contributed by atoms with Gasteiger partial charge in [0.2, 0.25) is 5.95 Å². The van der Waals surface area contributed by atoms with Crippen molar-refractivity contribution < 1.29 is 17.5 Å². The lowest BCUT2D eigenvalue weighted by atomic mass is 10.4. The minimum atomic E-state index is -3.48. The van der Waals surface area contributed by atoms with Crippen molar-refractivity contribution in [1.82, 2.24) is 9.97 Å². The van der Waals surface area contributed by atoms with Gasteiger partial charge < -0.3 is 4.90 Å². The van der Waals surface area contributed by atoms with Crippen LogP contribution in [0.1, 0.15) is 5.69 Å². The van der Waals surface area contributed by atoms with Gasteiger partial charge in [-0.3, -0.25) is 9.08 Å². The molecule has 0 atom stereocenters. The Hall–Kier alpha value is -0.820. The number of hydrogen-bond donors (Lipinski definition) is 1. The Morgan fingerprint density at radius 2 is 2.10 bits per heavy atom. The molecule has 2 rings (SSSR count). The predicted molar refractivity (Wildman–Crippen MR) is 78.7 cm³/mol. The molecule has 0 unspecified atom stereocenters. The molecular formula is C11H19N3O4PS+. The van der Waals surface area contributed by atoms with Gasteiger partial charge in [-0.05, 0) is 6.07 Å². The third kappa shape index (κ3) is 4.63. The van der Waals surface area contributed by atoms with E-state index in [1.807, 2.05) is 11.6 Å². The first kappa shape index (κ1) is 15.6. The number of hydrogen-bond acceptors (Lipinski definition) is 7. The highest BCUT2D eigenvalue weighted by Crippen LogP contribution is 2.51. The summed E-state index contributed by atoms with van der Waals surface area (Å²) in [6.45, 7) is 3.28. The lowest BCUT2D eigenvalue weighted by Crippen LogP contribution is -2.37. The molecule has 20 heavy (non-hydrogen) atoms. The Morgan fingerprint density at radius 3 is 2.70 bits per heavy atom. The van der Waals surface area contributed by atoms with Gasteiger partial charge in [0.25, 0.3) is 10.1 Å². The van der Waals surface area contributed by atoms with Gasteiger partial charge in [-0.25, -0.2) is 9.97 Å². The van der Waals surface area contributed by atoms with Crippen molar-refractivity contribution in [2.24, 2.45) is 0 Å². The van der Waals surface area contributed by atoms with E-state index < -0.39 is 17.6 Å². The molecule has 0 bridgehead atoms. The van der Waals surface area contributed by atoms with Crippen molar-refractivity contribution in [3.05, 3.63) is 18.0 Å². The van der Waals surface area contributed by atoms with Crippen LogP contribution in [0.15, 0.2) is 12.3 Å². The van der Waals surface area contributed by atoms with Crippen LogP contribution < -0.4 is 4.90 Å². The van der Waals surface area contributed by atoms with Crippen molar-refractivity contribution in [1.29, 1.82) is 0 Å². The Balaban J connectivity index is 2.03. The molecule has 0 aromatic carbocycles. The Bertz CT molecular complexity index is 569. The minimum absolute atomic E-state index is 0.0904. The Kier molecular flexibility index (Phi) is 4.59. The number of aromatic nitrogens is 2. The van der Waals surface area contributed by atoms with E-state index in [1.165, 1.54) is 0 Å². The molecule has 1 aromatic heterocycles. The van der Waals surface area contributed by atoms with Crippen molar-refractivity contribution in [2.75, 3.05) is 43.2 Å². The number of nitrogens with zero attached hydrogens (tertiary/aromatic N) is 3. The van der Waals surface area contributed by atoms with Gasteiger partial charge >= 0.3 is 0 Å². The summed E-state index contributed by atoms with van der Waals surface area (Å²) < 4.78 is 26.6. The van der Waals surface area contributed by atoms with E-state index >= 15 is 0 Å². The molecule has 1 aliphatic rings. The summed E-state index contributed by atoms with van der Waals surface area (Å²) in [6, 6.07) is 1.63. The van der Waals surface area contributed by atoms with Gasteiger partial charge in [0, 0.05) is 6.20 Å². The summed E-state index contributed by atoms with van der Waals surface area (Å²) >= 11 is 0. The van der Waals surface area contributed by atoms with Gasteiger partial charge in [0.15, 0.2) is 0 Å². The molecule has 2 heterocycles. The monoisotopic (exact) mass is 320 g/mol. The fourth-order valence-corrected chi connectivity index (χ4v) is 3.78. The van der Waals surface area contributed by atoms with E-state index in [0.29, 0.717) is 11.6 Å². The van der Waals surface area contributed by atoms with E-state index in [-0.39, 0.29) is 6.61 Å². The summed E-state index contributed by atoms with van der Waals surface area (Å²) in [5.41, 5.74) is 0.521. The van der Waals surface area contributed by atoms with E-state index in [1.54, 1.807) is 12.3 Å². The first-order chi connectivity index (χ1) is 9.25. The quantitative estimate of drug-likeness (QED) is 0.631. The van der Waals surface area contributed by atoms with Gasteiger partial charge in [-0.2, -0.15) is 8.42 Å². The van der Waals surface area contributed by atoms with Crippen molar-refractivity contribution in [2.45, 2.75) is 6.61 Å². The molecule has 0 radical (unpaired) electrons. The normalized spacial score (nSPS) is 19.1. The molecule has 7 nitrogen and oxygen atoms in total. The minimum Gasteiger partial charge on any atom is -0.333 e. The highest BCUT2D eigenvalue weighted by molar-refractivity contribution is 7.85. The highest BCUT2D eigenvalue weighted by Gasteiger charge is 2.35. The second-order valence-electron chi connectivity index (χ2n) is 5.09. The van der Waals surface area contributed by atoms with Crippen LogP contribution in [0.2, 0.25) is 0 Å². The smallest absolute Gasteiger partial charge is 0.264 e. The lowest BCUT2D eigenvalue weighted by Gasteiger charge is -2.30. The highest BCUT2D eigenvalue weighted by atomic mass is 32.2. The Morgan fingerprint density at radius 1 is 1.45 bits per heavy atom. The largest absolute Gasteiger partial charge is 0.333 e. The topological polar surface area (TPSA) is 92.6 Å². The van der Waals surface area contributed by atoms with Crippen LogP contribution in [-0.4, -0.2) is 61.6 Å². The Labute approximate surface area is 119 Å². The molecule has 1 fully saturated rings. The first-order valence-electron chi connectivity index (χ1n) is 6.24. The first-order valence-corrected chi connectivity index (χ1v) is 10.6. The number of rotatable bonds is 4. The zero-order valence-corrected chi connectivity index (χ0v) is 13.3. The molecule has 0 spiro atoms. The van der Waals surface area contributed by atoms with Crippen molar-refractivity contribution in [3.8, 4) is 0 Å². The number of anilines is 1. The third-order valence-corrected chi connectivity index (χ3v) is 5.98. The summed E-state index contributed by atoms with van der Waals surface area (Å²) in [6.07, 6.45) is 4.12. The molecule has 0 saturated carbocycles. The maximum atomic E-state index is 11.0. The second kappa shape index (κ2) is 5.89. The predicted octanol–water partition coefficient (Wildman–Crippen LogP) is 0.327. The van der Waals surface area contributed by atoms with Crippen LogP contribution in [0, 0.1) is 0 Å². The molecule has 1 saturated heterocycles. The van der Waals surface area contributed by atoms with Crippen LogP contribution in [-0.2, 0) is 20.9 Å². The summed E-state index contributed by atoms with van der Waals surface area (Å²) in [4.78, 5) is 20.5. The SMILES string of the molecule is C[P+]1(O)CCN(c2nccc(COS(C)(=O)=O)n2)CC1. The fraction of sp³-hybridized carbons (Fsp3) is 0.636. The van der Waals surface area contributed by atoms with E-state index in [4.69, 9.17) is 4.18 Å². The van der Waals surface area contributed by atoms with E-state index in [9.17, 15) is 13.3 Å². The van der Waals surface area contributed by atoms with Crippen LogP contribution >= 0.6 is 7.49 Å². The van der Waals surface area contributed by atoms with E-state index in [2.05, 4.69) is 9.97 Å². The van der Waals surface area contributed by atoms with Crippen LogP contribution in [0.4, 0.5) is 5.95 Å². The van der Waals surface area contributed by atoms with Crippen LogP contribution in [0.25, 0.3) is 0 Å². The maximum absolute atomic E-state index is 11.0. The fourth-order valence-electron chi connectivity index (χ4n) is 1.88. The molecule has 1 aliphatic heterocycles. The van der Waals surface area contributed by atoms with Gasteiger partial charge in [0.05, 0.1) is 31.7 Å². The standard InChI is InChI=1S/C11H19N3O4PS/c1-19(15)7-5-14(6-8-19)11-12-4-3-10(13-11)9-18-20(2,16)17/h3-4,15H,5-9H2,1-2H3/q+1. The molecule has 1 aromatic rings. The summed E-state index contributed by atoms with van der Waals surface area (Å²) in [5.74, 6) is 0.555. The molecule has 0 amide bonds. The van der Waals surface area contributed by atoms with Crippen LogP contribution in [0.5, 0.6) is 0 Å². The lowest BCUT2D eigenvalue weighted by molar-refractivity contribution is 0.307. The zero-order valence-electron chi connectivity index (χ0n) is 11.6.